The summed E-state index contributed by atoms with van der Waals surface area (Å²) in [6.07, 6.45) is 4.08. The number of likely N-dealkylation sites (N-methyl/N-ethyl adjacent to an activating group) is 1. The van der Waals surface area contributed by atoms with Crippen molar-refractivity contribution in [1.82, 2.24) is 14.8 Å². The van der Waals surface area contributed by atoms with Gasteiger partial charge in [0.15, 0.2) is 11.4 Å². The zero-order valence-electron chi connectivity index (χ0n) is 19.0. The van der Waals surface area contributed by atoms with Crippen LogP contribution in [0.2, 0.25) is 0 Å². The Bertz CT molecular complexity index is 1070. The highest BCUT2D eigenvalue weighted by molar-refractivity contribution is 5.98. The minimum Gasteiger partial charge on any atom is -0.503 e. The van der Waals surface area contributed by atoms with Crippen LogP contribution in [0.3, 0.4) is 0 Å². The molecule has 33 heavy (non-hydrogen) atoms. The second-order valence-electron chi connectivity index (χ2n) is 7.70. The number of amides is 2. The Morgan fingerprint density at radius 1 is 1.12 bits per heavy atom. The van der Waals surface area contributed by atoms with Gasteiger partial charge in [0.2, 0.25) is 5.43 Å². The molecule has 0 bridgehead atoms. The standard InChI is InChI=1S/C17H14F3N3O4.C4H8.C2H6/c1-22-2-3-23-7-10(14(24)15(25)13(23)17(22)27)16(26)21-6-9-11(19)4-8(18)5-12(9)20;1-4-2-3-4;1-2/h4-5,7,25H,2-3,6H2,1H3,(H,21,26);4H,2-3H2,1H3;1-2H3. The lowest BCUT2D eigenvalue weighted by Gasteiger charge is -2.27. The number of rotatable bonds is 3. The highest BCUT2D eigenvalue weighted by Gasteiger charge is 2.29. The second kappa shape index (κ2) is 11.0. The topological polar surface area (TPSA) is 91.6 Å². The van der Waals surface area contributed by atoms with Gasteiger partial charge >= 0.3 is 0 Å². The number of benzene rings is 1. The number of carbonyl (C=O) groups excluding carboxylic acids is 2. The fourth-order valence-corrected chi connectivity index (χ4v) is 2.92. The Labute approximate surface area is 189 Å². The van der Waals surface area contributed by atoms with Gasteiger partial charge in [0.05, 0.1) is 0 Å². The van der Waals surface area contributed by atoms with Crippen molar-refractivity contribution in [1.29, 1.82) is 0 Å². The van der Waals surface area contributed by atoms with Crippen molar-refractivity contribution in [3.63, 3.8) is 0 Å². The minimum atomic E-state index is -1.19. The molecule has 1 fully saturated rings. The second-order valence-corrected chi connectivity index (χ2v) is 7.70. The third-order valence-corrected chi connectivity index (χ3v) is 5.12. The predicted octanol–water partition coefficient (Wildman–Crippen LogP) is 3.43. The summed E-state index contributed by atoms with van der Waals surface area (Å²) in [4.78, 5) is 37.9. The van der Waals surface area contributed by atoms with Crippen molar-refractivity contribution in [2.45, 2.75) is 46.7 Å². The van der Waals surface area contributed by atoms with Crippen LogP contribution in [0.1, 0.15) is 60.0 Å². The molecule has 0 unspecified atom stereocenters. The summed E-state index contributed by atoms with van der Waals surface area (Å²) >= 11 is 0. The molecule has 2 N–H and O–H groups in total. The fraction of sp³-hybridized carbons (Fsp3) is 0.435. The largest absolute Gasteiger partial charge is 0.503 e. The highest BCUT2D eigenvalue weighted by atomic mass is 19.1. The van der Waals surface area contributed by atoms with Gasteiger partial charge in [-0.05, 0) is 5.92 Å². The van der Waals surface area contributed by atoms with Crippen LogP contribution in [0.5, 0.6) is 5.75 Å². The number of aromatic hydroxyl groups is 1. The van der Waals surface area contributed by atoms with Gasteiger partial charge in [0, 0.05) is 50.6 Å². The van der Waals surface area contributed by atoms with Gasteiger partial charge in [-0.2, -0.15) is 0 Å². The van der Waals surface area contributed by atoms with E-state index in [1.54, 1.807) is 0 Å². The molecule has 0 saturated heterocycles. The van der Waals surface area contributed by atoms with Crippen molar-refractivity contribution < 1.29 is 27.9 Å². The molecule has 2 aliphatic rings. The zero-order valence-corrected chi connectivity index (χ0v) is 19.0. The van der Waals surface area contributed by atoms with E-state index in [2.05, 4.69) is 12.2 Å². The number of fused-ring (bicyclic) bond motifs is 1. The van der Waals surface area contributed by atoms with Gasteiger partial charge in [-0.1, -0.05) is 33.6 Å². The third kappa shape index (κ3) is 6.15. The van der Waals surface area contributed by atoms with Crippen LogP contribution in [0.15, 0.2) is 23.1 Å². The number of carbonyl (C=O) groups is 2. The lowest BCUT2D eigenvalue weighted by Crippen LogP contribution is -2.40. The van der Waals surface area contributed by atoms with Crippen LogP contribution in [0, 0.1) is 23.4 Å². The van der Waals surface area contributed by atoms with Crippen LogP contribution >= 0.6 is 0 Å². The van der Waals surface area contributed by atoms with Crippen molar-refractivity contribution in [3.8, 4) is 5.75 Å². The Morgan fingerprint density at radius 2 is 1.67 bits per heavy atom. The molecule has 10 heteroatoms. The van der Waals surface area contributed by atoms with Gasteiger partial charge in [0.25, 0.3) is 11.8 Å². The number of hydrogen-bond donors (Lipinski definition) is 2. The number of nitrogens with zero attached hydrogens (tertiary/aromatic N) is 2. The molecule has 180 valence electrons. The molecule has 1 aliphatic carbocycles. The maximum absolute atomic E-state index is 13.6. The summed E-state index contributed by atoms with van der Waals surface area (Å²) in [5.74, 6) is -4.85. The van der Waals surface area contributed by atoms with E-state index in [1.807, 2.05) is 13.8 Å². The van der Waals surface area contributed by atoms with E-state index in [1.165, 1.54) is 29.4 Å². The Hall–Kier alpha value is -3.30. The first-order valence-corrected chi connectivity index (χ1v) is 10.7. The van der Waals surface area contributed by atoms with E-state index < -0.39 is 58.1 Å². The molecule has 1 aliphatic heterocycles. The lowest BCUT2D eigenvalue weighted by molar-refractivity contribution is 0.0740. The van der Waals surface area contributed by atoms with E-state index >= 15 is 0 Å². The van der Waals surface area contributed by atoms with Crippen molar-refractivity contribution in [3.05, 3.63) is 62.8 Å². The van der Waals surface area contributed by atoms with Crippen LogP contribution in [0.25, 0.3) is 0 Å². The van der Waals surface area contributed by atoms with E-state index in [4.69, 9.17) is 0 Å². The monoisotopic (exact) mass is 467 g/mol. The molecule has 2 aromatic rings. The molecular formula is C23H28F3N3O4. The van der Waals surface area contributed by atoms with Crippen LogP contribution in [-0.2, 0) is 13.1 Å². The molecule has 7 nitrogen and oxygen atoms in total. The zero-order chi connectivity index (χ0) is 24.9. The van der Waals surface area contributed by atoms with E-state index in [0.29, 0.717) is 18.7 Å². The van der Waals surface area contributed by atoms with Crippen LogP contribution in [0.4, 0.5) is 13.2 Å². The van der Waals surface area contributed by atoms with Crippen LogP contribution in [-0.4, -0.2) is 40.0 Å². The average molecular weight is 467 g/mol. The van der Waals surface area contributed by atoms with Crippen molar-refractivity contribution >= 4 is 11.8 Å². The van der Waals surface area contributed by atoms with E-state index in [0.717, 1.165) is 12.1 Å². The molecule has 1 saturated carbocycles. The maximum atomic E-state index is 13.6. The maximum Gasteiger partial charge on any atom is 0.274 e. The number of hydrogen-bond acceptors (Lipinski definition) is 4. The summed E-state index contributed by atoms with van der Waals surface area (Å²) in [7, 11) is 1.50. The molecule has 1 aromatic heterocycles. The number of halogens is 3. The molecule has 0 radical (unpaired) electrons. The normalized spacial score (nSPS) is 14.4. The summed E-state index contributed by atoms with van der Waals surface area (Å²) in [5, 5.41) is 12.2. The van der Waals surface area contributed by atoms with E-state index in [-0.39, 0.29) is 12.2 Å². The molecule has 2 heterocycles. The van der Waals surface area contributed by atoms with Gasteiger partial charge in [0.1, 0.15) is 23.0 Å². The number of pyridine rings is 1. The number of aromatic nitrogens is 1. The molecule has 2 amide bonds. The van der Waals surface area contributed by atoms with Gasteiger partial charge < -0.3 is 19.9 Å². The van der Waals surface area contributed by atoms with Crippen LogP contribution < -0.4 is 10.7 Å². The SMILES string of the molecule is CC.CC1CC1.CN1CCn2cc(C(=O)NCc3c(F)cc(F)cc3F)c(=O)c(O)c2C1=O. The summed E-state index contributed by atoms with van der Waals surface area (Å²) < 4.78 is 41.5. The summed E-state index contributed by atoms with van der Waals surface area (Å²) in [6, 6.07) is 0.929. The van der Waals surface area contributed by atoms with Crippen molar-refractivity contribution in [2.24, 2.45) is 5.92 Å². The van der Waals surface area contributed by atoms with Crippen molar-refractivity contribution in [2.75, 3.05) is 13.6 Å². The Balaban J connectivity index is 0.000000567. The molecule has 1 aromatic carbocycles. The number of nitrogens with one attached hydrogen (secondary N) is 1. The van der Waals surface area contributed by atoms with E-state index in [9.17, 15) is 32.7 Å². The first kappa shape index (κ1) is 26.0. The summed E-state index contributed by atoms with van der Waals surface area (Å²) in [5.41, 5.74) is -2.39. The third-order valence-electron chi connectivity index (χ3n) is 5.12. The Kier molecular flexibility index (Phi) is 8.67. The van der Waals surface area contributed by atoms with Gasteiger partial charge in [-0.25, -0.2) is 13.2 Å². The first-order chi connectivity index (χ1) is 15.6. The average Bonchev–Trinajstić information content (AvgIpc) is 3.56. The quantitative estimate of drug-likeness (QED) is 0.724. The molecule has 4 rings (SSSR count). The Morgan fingerprint density at radius 3 is 2.18 bits per heavy atom. The summed E-state index contributed by atoms with van der Waals surface area (Å²) in [6.45, 7) is 6.19. The first-order valence-electron chi connectivity index (χ1n) is 10.7. The highest BCUT2D eigenvalue weighted by Crippen LogP contribution is 2.26. The van der Waals surface area contributed by atoms with Gasteiger partial charge in [-0.15, -0.1) is 0 Å². The predicted molar refractivity (Wildman–Crippen MR) is 117 cm³/mol. The molecule has 0 spiro atoms. The molecule has 0 atom stereocenters. The molecular weight excluding hydrogens is 439 g/mol. The van der Waals surface area contributed by atoms with Gasteiger partial charge in [-0.3, -0.25) is 14.4 Å². The lowest BCUT2D eigenvalue weighted by atomic mass is 10.1. The minimum absolute atomic E-state index is 0.235. The fourth-order valence-electron chi connectivity index (χ4n) is 2.92. The smallest absolute Gasteiger partial charge is 0.274 e.